The van der Waals surface area contributed by atoms with Crippen molar-refractivity contribution < 1.29 is 18.3 Å². The van der Waals surface area contributed by atoms with Crippen LogP contribution < -0.4 is 5.56 Å². The Balaban J connectivity index is 1.73. The summed E-state index contributed by atoms with van der Waals surface area (Å²) < 4.78 is 35.3. The summed E-state index contributed by atoms with van der Waals surface area (Å²) in [4.78, 5) is 25.4. The topological polar surface area (TPSA) is 78.5 Å². The number of para-hydroxylation sites is 1. The molecule has 0 fully saturated rings. The Morgan fingerprint density at radius 2 is 1.88 bits per heavy atom. The highest BCUT2D eigenvalue weighted by Crippen LogP contribution is 2.22. The predicted octanol–water partition coefficient (Wildman–Crippen LogP) is 4.38. The SMILES string of the molecule is CC(C)CCn1c(=O)c2ccccc2n2c(COC(=O)c3cc(F)c(F)cc3Cl)nnc12. The van der Waals surface area contributed by atoms with Gasteiger partial charge in [-0.1, -0.05) is 37.6 Å². The van der Waals surface area contributed by atoms with Crippen LogP contribution in [0.4, 0.5) is 8.78 Å². The van der Waals surface area contributed by atoms with Gasteiger partial charge in [-0.2, -0.15) is 0 Å². The standard InChI is InChI=1S/C22H19ClF2N4O3/c1-12(2)7-8-28-20(30)13-5-3-4-6-18(13)29-19(26-27-22(28)29)11-32-21(31)14-9-16(24)17(25)10-15(14)23/h3-6,9-10,12H,7-8,11H2,1-2H3. The van der Waals surface area contributed by atoms with Crippen LogP contribution in [0.25, 0.3) is 16.7 Å². The molecule has 0 saturated carbocycles. The molecule has 4 aromatic rings. The fourth-order valence-corrected chi connectivity index (χ4v) is 3.61. The van der Waals surface area contributed by atoms with Gasteiger partial charge in [0, 0.05) is 6.54 Å². The fraction of sp³-hybridized carbons (Fsp3) is 0.273. The molecule has 2 aromatic heterocycles. The maximum Gasteiger partial charge on any atom is 0.340 e. The Labute approximate surface area is 186 Å². The van der Waals surface area contributed by atoms with E-state index in [0.717, 1.165) is 6.42 Å². The van der Waals surface area contributed by atoms with Crippen molar-refractivity contribution in [3.8, 4) is 0 Å². The molecule has 4 rings (SSSR count). The average Bonchev–Trinajstić information content (AvgIpc) is 3.18. The summed E-state index contributed by atoms with van der Waals surface area (Å²) in [6.45, 7) is 4.25. The van der Waals surface area contributed by atoms with Gasteiger partial charge in [0.05, 0.1) is 21.5 Å². The number of carbonyl (C=O) groups is 1. The van der Waals surface area contributed by atoms with Gasteiger partial charge in [-0.05, 0) is 36.6 Å². The molecule has 10 heteroatoms. The van der Waals surface area contributed by atoms with E-state index < -0.39 is 17.6 Å². The molecule has 2 heterocycles. The van der Waals surface area contributed by atoms with Crippen LogP contribution in [0.5, 0.6) is 0 Å². The molecule has 0 aliphatic carbocycles. The van der Waals surface area contributed by atoms with Crippen LogP contribution >= 0.6 is 11.6 Å². The summed E-state index contributed by atoms with van der Waals surface area (Å²) in [5.41, 5.74) is 0.0755. The molecule has 0 N–H and O–H groups in total. The van der Waals surface area contributed by atoms with Gasteiger partial charge in [-0.15, -0.1) is 10.2 Å². The normalized spacial score (nSPS) is 11.6. The number of benzene rings is 2. The minimum absolute atomic E-state index is 0.182. The first kappa shape index (κ1) is 21.9. The fourth-order valence-electron chi connectivity index (χ4n) is 3.38. The molecule has 0 amide bonds. The highest BCUT2D eigenvalue weighted by atomic mass is 35.5. The van der Waals surface area contributed by atoms with Crippen LogP contribution in [0.3, 0.4) is 0 Å². The first-order chi connectivity index (χ1) is 15.3. The molecule has 7 nitrogen and oxygen atoms in total. The Hall–Kier alpha value is -3.33. The predicted molar refractivity (Wildman–Crippen MR) is 115 cm³/mol. The van der Waals surface area contributed by atoms with E-state index >= 15 is 0 Å². The van der Waals surface area contributed by atoms with Crippen LogP contribution in [0.1, 0.15) is 36.5 Å². The van der Waals surface area contributed by atoms with Gasteiger partial charge in [-0.25, -0.2) is 13.6 Å². The zero-order valence-electron chi connectivity index (χ0n) is 17.3. The molecule has 0 aliphatic heterocycles. The van der Waals surface area contributed by atoms with E-state index in [-0.39, 0.29) is 28.6 Å². The smallest absolute Gasteiger partial charge is 0.340 e. The second-order valence-electron chi connectivity index (χ2n) is 7.73. The van der Waals surface area contributed by atoms with E-state index in [2.05, 4.69) is 24.0 Å². The summed E-state index contributed by atoms with van der Waals surface area (Å²) in [6.07, 6.45) is 0.764. The minimum atomic E-state index is -1.21. The highest BCUT2D eigenvalue weighted by Gasteiger charge is 2.20. The Morgan fingerprint density at radius 1 is 1.16 bits per heavy atom. The quantitative estimate of drug-likeness (QED) is 0.315. The van der Waals surface area contributed by atoms with Crippen molar-refractivity contribution in [2.75, 3.05) is 0 Å². The van der Waals surface area contributed by atoms with Crippen LogP contribution in [0, 0.1) is 17.6 Å². The molecule has 0 radical (unpaired) electrons. The average molecular weight is 461 g/mol. The molecule has 0 unspecified atom stereocenters. The Kier molecular flexibility index (Phi) is 5.92. The lowest BCUT2D eigenvalue weighted by Gasteiger charge is -2.12. The van der Waals surface area contributed by atoms with Crippen LogP contribution in [0.2, 0.25) is 5.02 Å². The number of carbonyl (C=O) groups excluding carboxylic acids is 1. The molecular weight excluding hydrogens is 442 g/mol. The molecule has 0 atom stereocenters. The Morgan fingerprint density at radius 3 is 2.62 bits per heavy atom. The zero-order valence-corrected chi connectivity index (χ0v) is 18.1. The van der Waals surface area contributed by atoms with Crippen molar-refractivity contribution in [3.05, 3.63) is 74.8 Å². The second kappa shape index (κ2) is 8.66. The number of hydrogen-bond donors (Lipinski definition) is 0. The lowest BCUT2D eigenvalue weighted by atomic mass is 10.1. The number of esters is 1. The molecule has 2 aromatic carbocycles. The molecule has 166 valence electrons. The molecular formula is C22H19ClF2N4O3. The van der Waals surface area contributed by atoms with E-state index in [9.17, 15) is 18.4 Å². The van der Waals surface area contributed by atoms with Crippen molar-refractivity contribution >= 4 is 34.3 Å². The van der Waals surface area contributed by atoms with Crippen LogP contribution in [-0.2, 0) is 17.9 Å². The van der Waals surface area contributed by atoms with Crippen molar-refractivity contribution in [2.24, 2.45) is 5.92 Å². The molecule has 0 saturated heterocycles. The monoisotopic (exact) mass is 460 g/mol. The maximum absolute atomic E-state index is 13.5. The molecule has 0 aliphatic rings. The van der Waals surface area contributed by atoms with Crippen molar-refractivity contribution in [1.82, 2.24) is 19.2 Å². The number of aromatic nitrogens is 4. The highest BCUT2D eigenvalue weighted by molar-refractivity contribution is 6.33. The number of halogens is 3. The van der Waals surface area contributed by atoms with Gasteiger partial charge in [0.2, 0.25) is 5.78 Å². The largest absolute Gasteiger partial charge is 0.454 e. The number of aryl methyl sites for hydroxylation is 1. The first-order valence-electron chi connectivity index (χ1n) is 9.95. The third-order valence-corrected chi connectivity index (χ3v) is 5.38. The number of rotatable bonds is 6. The second-order valence-corrected chi connectivity index (χ2v) is 8.14. The van der Waals surface area contributed by atoms with Crippen LogP contribution in [-0.4, -0.2) is 25.1 Å². The summed E-state index contributed by atoms with van der Waals surface area (Å²) in [7, 11) is 0. The third-order valence-electron chi connectivity index (χ3n) is 5.07. The molecule has 0 bridgehead atoms. The maximum atomic E-state index is 13.5. The van der Waals surface area contributed by atoms with E-state index in [1.54, 1.807) is 33.2 Å². The van der Waals surface area contributed by atoms with E-state index in [1.165, 1.54) is 0 Å². The van der Waals surface area contributed by atoms with E-state index in [4.69, 9.17) is 16.3 Å². The van der Waals surface area contributed by atoms with Gasteiger partial charge in [0.15, 0.2) is 24.1 Å². The van der Waals surface area contributed by atoms with Gasteiger partial charge in [0.25, 0.3) is 5.56 Å². The minimum Gasteiger partial charge on any atom is -0.454 e. The Bertz CT molecular complexity index is 1400. The zero-order chi connectivity index (χ0) is 23.0. The molecule has 0 spiro atoms. The summed E-state index contributed by atoms with van der Waals surface area (Å²) in [6, 6.07) is 8.38. The van der Waals surface area contributed by atoms with E-state index in [0.29, 0.717) is 41.3 Å². The summed E-state index contributed by atoms with van der Waals surface area (Å²) in [5, 5.41) is 8.46. The number of hydrogen-bond acceptors (Lipinski definition) is 5. The summed E-state index contributed by atoms with van der Waals surface area (Å²) in [5.74, 6) is -2.36. The van der Waals surface area contributed by atoms with Gasteiger partial charge >= 0.3 is 5.97 Å². The first-order valence-corrected chi connectivity index (χ1v) is 10.3. The lowest BCUT2D eigenvalue weighted by molar-refractivity contribution is 0.0461. The summed E-state index contributed by atoms with van der Waals surface area (Å²) >= 11 is 5.85. The molecule has 32 heavy (non-hydrogen) atoms. The number of fused-ring (bicyclic) bond motifs is 3. The van der Waals surface area contributed by atoms with Gasteiger partial charge in [-0.3, -0.25) is 13.8 Å². The third kappa shape index (κ3) is 3.95. The van der Waals surface area contributed by atoms with Crippen molar-refractivity contribution in [1.29, 1.82) is 0 Å². The van der Waals surface area contributed by atoms with Crippen molar-refractivity contribution in [3.63, 3.8) is 0 Å². The number of ether oxygens (including phenoxy) is 1. The van der Waals surface area contributed by atoms with Crippen molar-refractivity contribution in [2.45, 2.75) is 33.4 Å². The van der Waals surface area contributed by atoms with Gasteiger partial charge < -0.3 is 4.74 Å². The lowest BCUT2D eigenvalue weighted by Crippen LogP contribution is -2.24. The van der Waals surface area contributed by atoms with E-state index in [1.807, 2.05) is 0 Å². The van der Waals surface area contributed by atoms with Gasteiger partial charge in [0.1, 0.15) is 0 Å². The van der Waals surface area contributed by atoms with Crippen LogP contribution in [0.15, 0.2) is 41.2 Å². The number of nitrogens with zero attached hydrogens (tertiary/aromatic N) is 4.